The van der Waals surface area contributed by atoms with Crippen molar-refractivity contribution in [3.63, 3.8) is 0 Å². The van der Waals surface area contributed by atoms with Crippen LogP contribution < -0.4 is 5.32 Å². The Morgan fingerprint density at radius 1 is 1.57 bits per heavy atom. The SMILES string of the molecule is C=C(Nc1ccc(C#N)cn1)C(C)C. The van der Waals surface area contributed by atoms with Gasteiger partial charge in [-0.1, -0.05) is 20.4 Å². The molecule has 0 aliphatic heterocycles. The van der Waals surface area contributed by atoms with Gasteiger partial charge in [0.2, 0.25) is 0 Å². The van der Waals surface area contributed by atoms with Gasteiger partial charge < -0.3 is 5.32 Å². The first-order valence-corrected chi connectivity index (χ1v) is 4.45. The zero-order valence-corrected chi connectivity index (χ0v) is 8.41. The summed E-state index contributed by atoms with van der Waals surface area (Å²) in [7, 11) is 0. The number of anilines is 1. The summed E-state index contributed by atoms with van der Waals surface area (Å²) in [5, 5.41) is 11.6. The van der Waals surface area contributed by atoms with Crippen molar-refractivity contribution in [2.45, 2.75) is 13.8 Å². The van der Waals surface area contributed by atoms with Gasteiger partial charge in [-0.3, -0.25) is 0 Å². The smallest absolute Gasteiger partial charge is 0.130 e. The molecule has 0 fully saturated rings. The Labute approximate surface area is 84.1 Å². The van der Waals surface area contributed by atoms with Crippen molar-refractivity contribution in [3.05, 3.63) is 36.2 Å². The molecule has 0 unspecified atom stereocenters. The maximum absolute atomic E-state index is 8.57. The van der Waals surface area contributed by atoms with Crippen LogP contribution in [-0.4, -0.2) is 4.98 Å². The molecule has 3 heteroatoms. The van der Waals surface area contributed by atoms with Gasteiger partial charge in [0.05, 0.1) is 5.56 Å². The van der Waals surface area contributed by atoms with Gasteiger partial charge in [0.25, 0.3) is 0 Å². The number of aromatic nitrogens is 1. The molecule has 0 aliphatic rings. The number of allylic oxidation sites excluding steroid dienone is 1. The van der Waals surface area contributed by atoms with Gasteiger partial charge in [-0.2, -0.15) is 5.26 Å². The van der Waals surface area contributed by atoms with Crippen LogP contribution in [0.5, 0.6) is 0 Å². The van der Waals surface area contributed by atoms with Crippen LogP contribution in [0, 0.1) is 17.2 Å². The van der Waals surface area contributed by atoms with Crippen LogP contribution in [0.3, 0.4) is 0 Å². The lowest BCUT2D eigenvalue weighted by Gasteiger charge is -2.11. The van der Waals surface area contributed by atoms with Gasteiger partial charge in [-0.15, -0.1) is 0 Å². The molecular formula is C11H13N3. The molecule has 14 heavy (non-hydrogen) atoms. The summed E-state index contributed by atoms with van der Waals surface area (Å²) >= 11 is 0. The van der Waals surface area contributed by atoms with E-state index in [1.54, 1.807) is 12.1 Å². The van der Waals surface area contributed by atoms with Crippen LogP contribution in [-0.2, 0) is 0 Å². The lowest BCUT2D eigenvalue weighted by atomic mass is 10.1. The second kappa shape index (κ2) is 4.43. The fraction of sp³-hybridized carbons (Fsp3) is 0.273. The van der Waals surface area contributed by atoms with E-state index in [0.29, 0.717) is 11.5 Å². The van der Waals surface area contributed by atoms with Crippen molar-refractivity contribution in [1.29, 1.82) is 5.26 Å². The molecule has 0 radical (unpaired) electrons. The van der Waals surface area contributed by atoms with E-state index >= 15 is 0 Å². The van der Waals surface area contributed by atoms with E-state index < -0.39 is 0 Å². The quantitative estimate of drug-likeness (QED) is 0.791. The summed E-state index contributed by atoms with van der Waals surface area (Å²) < 4.78 is 0. The Hall–Kier alpha value is -1.82. The minimum Gasteiger partial charge on any atom is -0.344 e. The van der Waals surface area contributed by atoms with Gasteiger partial charge >= 0.3 is 0 Å². The van der Waals surface area contributed by atoms with Gasteiger partial charge in [0.15, 0.2) is 0 Å². The summed E-state index contributed by atoms with van der Waals surface area (Å²) in [6.07, 6.45) is 1.54. The highest BCUT2D eigenvalue weighted by molar-refractivity contribution is 5.43. The topological polar surface area (TPSA) is 48.7 Å². The van der Waals surface area contributed by atoms with E-state index in [9.17, 15) is 0 Å². The Balaban J connectivity index is 2.70. The van der Waals surface area contributed by atoms with E-state index in [0.717, 1.165) is 11.5 Å². The minimum absolute atomic E-state index is 0.368. The lowest BCUT2D eigenvalue weighted by molar-refractivity contribution is 0.776. The van der Waals surface area contributed by atoms with E-state index in [1.807, 2.05) is 6.07 Å². The first-order chi connectivity index (χ1) is 6.63. The number of pyridine rings is 1. The van der Waals surface area contributed by atoms with Crippen LogP contribution in [0.2, 0.25) is 0 Å². The van der Waals surface area contributed by atoms with Crippen LogP contribution in [0.1, 0.15) is 19.4 Å². The van der Waals surface area contributed by atoms with Crippen molar-refractivity contribution in [3.8, 4) is 6.07 Å². The third-order valence-electron chi connectivity index (χ3n) is 1.88. The summed E-state index contributed by atoms with van der Waals surface area (Å²) in [6, 6.07) is 5.51. The largest absolute Gasteiger partial charge is 0.344 e. The van der Waals surface area contributed by atoms with Crippen LogP contribution in [0.25, 0.3) is 0 Å². The normalized spacial score (nSPS) is 9.57. The van der Waals surface area contributed by atoms with Crippen LogP contribution >= 0.6 is 0 Å². The lowest BCUT2D eigenvalue weighted by Crippen LogP contribution is -2.05. The molecule has 1 N–H and O–H groups in total. The molecule has 0 saturated heterocycles. The Morgan fingerprint density at radius 2 is 2.29 bits per heavy atom. The third-order valence-corrected chi connectivity index (χ3v) is 1.88. The molecule has 0 atom stereocenters. The molecule has 0 spiro atoms. The molecule has 1 heterocycles. The highest BCUT2D eigenvalue weighted by atomic mass is 15.0. The van der Waals surface area contributed by atoms with Gasteiger partial charge in [0, 0.05) is 11.9 Å². The molecule has 0 amide bonds. The van der Waals surface area contributed by atoms with Gasteiger partial charge in [-0.25, -0.2) is 4.98 Å². The highest BCUT2D eigenvalue weighted by Crippen LogP contribution is 2.11. The summed E-state index contributed by atoms with van der Waals surface area (Å²) in [5.74, 6) is 1.09. The molecule has 0 saturated carbocycles. The molecule has 0 bridgehead atoms. The Bertz CT molecular complexity index is 357. The predicted molar refractivity (Wildman–Crippen MR) is 56.6 cm³/mol. The minimum atomic E-state index is 0.368. The van der Waals surface area contributed by atoms with Crippen molar-refractivity contribution in [2.24, 2.45) is 5.92 Å². The molecule has 3 nitrogen and oxygen atoms in total. The zero-order chi connectivity index (χ0) is 10.6. The Morgan fingerprint density at radius 3 is 2.71 bits per heavy atom. The first-order valence-electron chi connectivity index (χ1n) is 4.45. The molecule has 72 valence electrons. The number of nitrogens with one attached hydrogen (secondary N) is 1. The van der Waals surface area contributed by atoms with E-state index in [4.69, 9.17) is 5.26 Å². The third kappa shape index (κ3) is 2.60. The van der Waals surface area contributed by atoms with E-state index in [2.05, 4.69) is 30.7 Å². The molecule has 0 aromatic carbocycles. The monoisotopic (exact) mass is 187 g/mol. The fourth-order valence-corrected chi connectivity index (χ4v) is 0.843. The second-order valence-corrected chi connectivity index (χ2v) is 3.35. The van der Waals surface area contributed by atoms with Crippen molar-refractivity contribution in [2.75, 3.05) is 5.32 Å². The van der Waals surface area contributed by atoms with Gasteiger partial charge in [-0.05, 0) is 18.1 Å². The van der Waals surface area contributed by atoms with E-state index in [1.165, 1.54) is 6.20 Å². The van der Waals surface area contributed by atoms with Crippen molar-refractivity contribution >= 4 is 5.82 Å². The van der Waals surface area contributed by atoms with Crippen molar-refractivity contribution in [1.82, 2.24) is 4.98 Å². The number of hydrogen-bond acceptors (Lipinski definition) is 3. The highest BCUT2D eigenvalue weighted by Gasteiger charge is 2.01. The number of nitrogens with zero attached hydrogens (tertiary/aromatic N) is 2. The standard InChI is InChI=1S/C11H13N3/c1-8(2)9(3)14-11-5-4-10(6-12)7-13-11/h4-5,7-8H,3H2,1-2H3,(H,13,14). The number of hydrogen-bond donors (Lipinski definition) is 1. The second-order valence-electron chi connectivity index (χ2n) is 3.35. The predicted octanol–water partition coefficient (Wildman–Crippen LogP) is 2.53. The Kier molecular flexibility index (Phi) is 3.24. The first kappa shape index (κ1) is 10.3. The average Bonchev–Trinajstić information content (AvgIpc) is 2.19. The van der Waals surface area contributed by atoms with Gasteiger partial charge in [0.1, 0.15) is 11.9 Å². The molecule has 1 aromatic heterocycles. The van der Waals surface area contributed by atoms with Crippen molar-refractivity contribution < 1.29 is 0 Å². The fourth-order valence-electron chi connectivity index (χ4n) is 0.843. The average molecular weight is 187 g/mol. The van der Waals surface area contributed by atoms with Crippen LogP contribution in [0.4, 0.5) is 5.82 Å². The summed E-state index contributed by atoms with van der Waals surface area (Å²) in [4.78, 5) is 4.08. The zero-order valence-electron chi connectivity index (χ0n) is 8.41. The maximum Gasteiger partial charge on any atom is 0.130 e. The molecule has 0 aliphatic carbocycles. The molecule has 1 rings (SSSR count). The molecular weight excluding hydrogens is 174 g/mol. The number of nitriles is 1. The number of rotatable bonds is 3. The maximum atomic E-state index is 8.57. The summed E-state index contributed by atoms with van der Waals surface area (Å²) in [5.41, 5.74) is 1.48. The molecule has 1 aromatic rings. The van der Waals surface area contributed by atoms with Crippen LogP contribution in [0.15, 0.2) is 30.6 Å². The van der Waals surface area contributed by atoms with E-state index in [-0.39, 0.29) is 0 Å². The summed E-state index contributed by atoms with van der Waals surface area (Å²) in [6.45, 7) is 7.99.